The number of nitrogens with zero attached hydrogens (tertiary/aromatic N) is 1. The van der Waals surface area contributed by atoms with Gasteiger partial charge in [0.05, 0.1) is 11.3 Å². The molecule has 0 spiro atoms. The highest BCUT2D eigenvalue weighted by Crippen LogP contribution is 2.14. The zero-order valence-electron chi connectivity index (χ0n) is 10.6. The molecule has 1 unspecified atom stereocenters. The van der Waals surface area contributed by atoms with Crippen LogP contribution in [0.3, 0.4) is 0 Å². The SMILES string of the molecule is Cc1cccc(CNCC(C)(O)C(C)C)n1. The Labute approximate surface area is 97.9 Å². The zero-order chi connectivity index (χ0) is 12.2. The highest BCUT2D eigenvalue weighted by molar-refractivity contribution is 5.09. The van der Waals surface area contributed by atoms with Crippen LogP contribution >= 0.6 is 0 Å². The molecule has 16 heavy (non-hydrogen) atoms. The number of aromatic nitrogens is 1. The first kappa shape index (κ1) is 13.1. The van der Waals surface area contributed by atoms with Crippen LogP contribution in [0.25, 0.3) is 0 Å². The van der Waals surface area contributed by atoms with Crippen molar-refractivity contribution in [2.24, 2.45) is 5.92 Å². The van der Waals surface area contributed by atoms with Gasteiger partial charge in [-0.25, -0.2) is 0 Å². The second-order valence-electron chi connectivity index (χ2n) is 4.89. The topological polar surface area (TPSA) is 45.1 Å². The molecule has 3 heteroatoms. The van der Waals surface area contributed by atoms with Crippen LogP contribution in [0.2, 0.25) is 0 Å². The lowest BCUT2D eigenvalue weighted by atomic mass is 9.92. The average molecular weight is 222 g/mol. The predicted octanol–water partition coefficient (Wildman–Crippen LogP) is 1.89. The maximum atomic E-state index is 10.0. The van der Waals surface area contributed by atoms with E-state index < -0.39 is 5.60 Å². The lowest BCUT2D eigenvalue weighted by Crippen LogP contribution is -2.42. The van der Waals surface area contributed by atoms with E-state index in [4.69, 9.17) is 0 Å². The fourth-order valence-electron chi connectivity index (χ4n) is 1.35. The van der Waals surface area contributed by atoms with Crippen molar-refractivity contribution < 1.29 is 5.11 Å². The second-order valence-corrected chi connectivity index (χ2v) is 4.89. The summed E-state index contributed by atoms with van der Waals surface area (Å²) in [6, 6.07) is 5.97. The Morgan fingerprint density at radius 3 is 2.69 bits per heavy atom. The van der Waals surface area contributed by atoms with Crippen molar-refractivity contribution in [2.75, 3.05) is 6.54 Å². The number of aryl methyl sites for hydroxylation is 1. The molecule has 1 rings (SSSR count). The normalized spacial score (nSPS) is 15.1. The molecular formula is C13H22N2O. The molecule has 3 nitrogen and oxygen atoms in total. The Hall–Kier alpha value is -0.930. The standard InChI is InChI=1S/C13H22N2O/c1-10(2)13(4,16)9-14-8-12-7-5-6-11(3)15-12/h5-7,10,14,16H,8-9H2,1-4H3. The molecule has 1 aromatic rings. The van der Waals surface area contributed by atoms with E-state index in [-0.39, 0.29) is 5.92 Å². The quantitative estimate of drug-likeness (QED) is 0.799. The third kappa shape index (κ3) is 3.91. The van der Waals surface area contributed by atoms with Gasteiger partial charge in [-0.1, -0.05) is 19.9 Å². The minimum Gasteiger partial charge on any atom is -0.389 e. The van der Waals surface area contributed by atoms with Crippen molar-refractivity contribution in [3.63, 3.8) is 0 Å². The molecule has 0 aliphatic rings. The van der Waals surface area contributed by atoms with Crippen LogP contribution in [-0.2, 0) is 6.54 Å². The Morgan fingerprint density at radius 2 is 2.12 bits per heavy atom. The number of rotatable bonds is 5. The summed E-state index contributed by atoms with van der Waals surface area (Å²) in [5.74, 6) is 0.241. The first-order valence-corrected chi connectivity index (χ1v) is 5.77. The maximum Gasteiger partial charge on any atom is 0.0766 e. The van der Waals surface area contributed by atoms with Gasteiger partial charge in [0.25, 0.3) is 0 Å². The molecule has 0 aliphatic carbocycles. The summed E-state index contributed by atoms with van der Waals surface area (Å²) in [6.07, 6.45) is 0. The Balaban J connectivity index is 2.42. The lowest BCUT2D eigenvalue weighted by molar-refractivity contribution is 0.0139. The molecule has 0 bridgehead atoms. The summed E-state index contributed by atoms with van der Waals surface area (Å²) in [5, 5.41) is 13.3. The van der Waals surface area contributed by atoms with Crippen LogP contribution in [0.15, 0.2) is 18.2 Å². The van der Waals surface area contributed by atoms with Crippen LogP contribution in [0.5, 0.6) is 0 Å². The van der Waals surface area contributed by atoms with E-state index in [1.807, 2.05) is 45.9 Å². The van der Waals surface area contributed by atoms with Gasteiger partial charge in [-0.05, 0) is 31.9 Å². The minimum atomic E-state index is -0.663. The summed E-state index contributed by atoms with van der Waals surface area (Å²) >= 11 is 0. The van der Waals surface area contributed by atoms with Crippen molar-refractivity contribution in [1.82, 2.24) is 10.3 Å². The highest BCUT2D eigenvalue weighted by atomic mass is 16.3. The number of hydrogen-bond acceptors (Lipinski definition) is 3. The Bertz CT molecular complexity index is 334. The molecule has 1 heterocycles. The molecular weight excluding hydrogens is 200 g/mol. The van der Waals surface area contributed by atoms with Crippen molar-refractivity contribution in [3.8, 4) is 0 Å². The van der Waals surface area contributed by atoms with Gasteiger partial charge in [-0.15, -0.1) is 0 Å². The van der Waals surface area contributed by atoms with Gasteiger partial charge < -0.3 is 10.4 Å². The first-order chi connectivity index (χ1) is 7.42. The summed E-state index contributed by atoms with van der Waals surface area (Å²) in [4.78, 5) is 4.39. The summed E-state index contributed by atoms with van der Waals surface area (Å²) < 4.78 is 0. The zero-order valence-corrected chi connectivity index (χ0v) is 10.6. The van der Waals surface area contributed by atoms with Crippen molar-refractivity contribution in [2.45, 2.75) is 39.8 Å². The fraction of sp³-hybridized carbons (Fsp3) is 0.615. The third-order valence-corrected chi connectivity index (χ3v) is 2.98. The molecule has 90 valence electrons. The van der Waals surface area contributed by atoms with E-state index in [0.29, 0.717) is 13.1 Å². The molecule has 0 radical (unpaired) electrons. The predicted molar refractivity (Wildman–Crippen MR) is 66.1 cm³/mol. The van der Waals surface area contributed by atoms with Crippen molar-refractivity contribution >= 4 is 0 Å². The van der Waals surface area contributed by atoms with Crippen LogP contribution < -0.4 is 5.32 Å². The Morgan fingerprint density at radius 1 is 1.44 bits per heavy atom. The van der Waals surface area contributed by atoms with Gasteiger partial charge in [0.2, 0.25) is 0 Å². The molecule has 0 saturated carbocycles. The smallest absolute Gasteiger partial charge is 0.0766 e. The van der Waals surface area contributed by atoms with E-state index in [2.05, 4.69) is 10.3 Å². The molecule has 2 N–H and O–H groups in total. The number of nitrogens with one attached hydrogen (secondary N) is 1. The van der Waals surface area contributed by atoms with Crippen molar-refractivity contribution in [1.29, 1.82) is 0 Å². The van der Waals surface area contributed by atoms with E-state index in [1.54, 1.807) is 0 Å². The molecule has 0 aliphatic heterocycles. The van der Waals surface area contributed by atoms with Crippen molar-refractivity contribution in [3.05, 3.63) is 29.6 Å². The van der Waals surface area contributed by atoms with Gasteiger partial charge in [0.1, 0.15) is 0 Å². The van der Waals surface area contributed by atoms with Crippen LogP contribution in [0, 0.1) is 12.8 Å². The maximum absolute atomic E-state index is 10.0. The molecule has 0 fully saturated rings. The molecule has 0 saturated heterocycles. The second kappa shape index (κ2) is 5.41. The van der Waals surface area contributed by atoms with Crippen LogP contribution in [0.1, 0.15) is 32.2 Å². The monoisotopic (exact) mass is 222 g/mol. The number of hydrogen-bond donors (Lipinski definition) is 2. The summed E-state index contributed by atoms with van der Waals surface area (Å²) in [7, 11) is 0. The van der Waals surface area contributed by atoms with E-state index in [1.165, 1.54) is 0 Å². The minimum absolute atomic E-state index is 0.241. The molecule has 1 aromatic heterocycles. The molecule has 1 atom stereocenters. The number of pyridine rings is 1. The number of aliphatic hydroxyl groups is 1. The van der Waals surface area contributed by atoms with E-state index in [9.17, 15) is 5.11 Å². The Kier molecular flexibility index (Phi) is 4.44. The summed E-state index contributed by atoms with van der Waals surface area (Å²) in [5.41, 5.74) is 1.37. The van der Waals surface area contributed by atoms with Gasteiger partial charge in [-0.2, -0.15) is 0 Å². The van der Waals surface area contributed by atoms with Gasteiger partial charge in [0, 0.05) is 18.8 Å². The fourth-order valence-corrected chi connectivity index (χ4v) is 1.35. The highest BCUT2D eigenvalue weighted by Gasteiger charge is 2.23. The van der Waals surface area contributed by atoms with Crippen LogP contribution in [-0.4, -0.2) is 22.2 Å². The van der Waals surface area contributed by atoms with Gasteiger partial charge >= 0.3 is 0 Å². The molecule has 0 aromatic carbocycles. The average Bonchev–Trinajstić information content (AvgIpc) is 2.17. The van der Waals surface area contributed by atoms with Gasteiger partial charge in [0.15, 0.2) is 0 Å². The third-order valence-electron chi connectivity index (χ3n) is 2.98. The van der Waals surface area contributed by atoms with E-state index in [0.717, 1.165) is 11.4 Å². The van der Waals surface area contributed by atoms with E-state index >= 15 is 0 Å². The lowest BCUT2D eigenvalue weighted by Gasteiger charge is -2.27. The van der Waals surface area contributed by atoms with Gasteiger partial charge in [-0.3, -0.25) is 4.98 Å². The largest absolute Gasteiger partial charge is 0.389 e. The first-order valence-electron chi connectivity index (χ1n) is 5.77. The molecule has 0 amide bonds. The van der Waals surface area contributed by atoms with Crippen LogP contribution in [0.4, 0.5) is 0 Å². The summed E-state index contributed by atoms with van der Waals surface area (Å²) in [6.45, 7) is 9.16.